The molecule has 3 rings (SSSR count). The molecule has 30 heavy (non-hydrogen) atoms. The molecule has 0 heterocycles. The van der Waals surface area contributed by atoms with Crippen molar-refractivity contribution in [1.29, 1.82) is 0 Å². The minimum absolute atomic E-state index is 0.226. The van der Waals surface area contributed by atoms with Crippen molar-refractivity contribution in [3.8, 4) is 0 Å². The third-order valence-corrected chi connectivity index (χ3v) is 6.62. The number of sulfone groups is 1. The Morgan fingerprint density at radius 3 is 1.97 bits per heavy atom. The predicted octanol–water partition coefficient (Wildman–Crippen LogP) is 6.10. The van der Waals surface area contributed by atoms with Crippen LogP contribution in [0, 0.1) is 20.8 Å². The second-order valence-corrected chi connectivity index (χ2v) is 9.90. The van der Waals surface area contributed by atoms with Gasteiger partial charge in [-0.25, -0.2) is 8.42 Å². The summed E-state index contributed by atoms with van der Waals surface area (Å²) in [5.74, 6) is -0.790. The third kappa shape index (κ3) is 5.47. The van der Waals surface area contributed by atoms with E-state index < -0.39 is 15.6 Å². The molecule has 0 saturated heterocycles. The molecule has 0 bridgehead atoms. The number of hydrogen-bond acceptors (Lipinski definition) is 3. The van der Waals surface area contributed by atoms with Gasteiger partial charge in [-0.15, -0.1) is 0 Å². The molecule has 0 fully saturated rings. The molecule has 3 aromatic rings. The fraction of sp³-hybridized carbons (Fsp3) is 0.160. The standard InChI is InChI=1S/C25H23ClO3S/c1-17-4-6-20(7-5-17)16-30(28,29)24(15-21-13-18(2)12-19(3)14-21)25(27)22-8-10-23(26)11-9-22/h4-15H,16H2,1-3H3/b24-15+. The SMILES string of the molecule is Cc1ccc(CS(=O)(=O)/C(=C/c2cc(C)cc(C)c2)C(=O)c2ccc(Cl)cc2)cc1. The van der Waals surface area contributed by atoms with E-state index in [1.807, 2.05) is 51.1 Å². The van der Waals surface area contributed by atoms with Gasteiger partial charge in [-0.1, -0.05) is 70.8 Å². The van der Waals surface area contributed by atoms with Crippen LogP contribution in [0.15, 0.2) is 71.6 Å². The first-order valence-corrected chi connectivity index (χ1v) is 11.6. The monoisotopic (exact) mass is 438 g/mol. The molecule has 0 N–H and O–H groups in total. The largest absolute Gasteiger partial charge is 0.288 e. The summed E-state index contributed by atoms with van der Waals surface area (Å²) in [5.41, 5.74) is 4.63. The van der Waals surface area contributed by atoms with E-state index in [-0.39, 0.29) is 16.2 Å². The summed E-state index contributed by atoms with van der Waals surface area (Å²) in [6, 6.07) is 19.2. The third-order valence-electron chi connectivity index (χ3n) is 4.68. The van der Waals surface area contributed by atoms with Crippen LogP contribution >= 0.6 is 11.6 Å². The highest BCUT2D eigenvalue weighted by Gasteiger charge is 2.26. The van der Waals surface area contributed by atoms with Gasteiger partial charge in [0.15, 0.2) is 9.84 Å². The van der Waals surface area contributed by atoms with Crippen LogP contribution in [0.1, 0.15) is 38.2 Å². The second kappa shape index (κ2) is 8.99. The molecule has 0 spiro atoms. The van der Waals surface area contributed by atoms with Crippen LogP contribution in [0.25, 0.3) is 6.08 Å². The molecular weight excluding hydrogens is 416 g/mol. The maximum Gasteiger partial charge on any atom is 0.204 e. The van der Waals surface area contributed by atoms with Gasteiger partial charge in [0, 0.05) is 10.6 Å². The quantitative estimate of drug-likeness (QED) is 0.345. The summed E-state index contributed by atoms with van der Waals surface area (Å²) < 4.78 is 26.7. The molecule has 3 nitrogen and oxygen atoms in total. The van der Waals surface area contributed by atoms with Crippen molar-refractivity contribution >= 4 is 33.3 Å². The van der Waals surface area contributed by atoms with E-state index in [1.165, 1.54) is 6.08 Å². The van der Waals surface area contributed by atoms with Crippen LogP contribution in [-0.2, 0) is 15.6 Å². The van der Waals surface area contributed by atoms with Gasteiger partial charge in [0.1, 0.15) is 4.91 Å². The normalized spacial score (nSPS) is 12.1. The Kier molecular flexibility index (Phi) is 6.59. The van der Waals surface area contributed by atoms with Gasteiger partial charge in [0.2, 0.25) is 5.78 Å². The molecule has 3 aromatic carbocycles. The molecular formula is C25H23ClO3S. The average molecular weight is 439 g/mol. The van der Waals surface area contributed by atoms with Crippen LogP contribution in [0.2, 0.25) is 5.02 Å². The van der Waals surface area contributed by atoms with E-state index in [2.05, 4.69) is 0 Å². The number of benzene rings is 3. The summed E-state index contributed by atoms with van der Waals surface area (Å²) in [5, 5.41) is 0.480. The van der Waals surface area contributed by atoms with E-state index in [4.69, 9.17) is 11.6 Å². The Morgan fingerprint density at radius 1 is 0.833 bits per heavy atom. The molecule has 0 aliphatic carbocycles. The predicted molar refractivity (Wildman–Crippen MR) is 123 cm³/mol. The Bertz CT molecular complexity index is 1190. The van der Waals surface area contributed by atoms with Gasteiger partial charge in [-0.05, 0) is 62.2 Å². The zero-order valence-electron chi connectivity index (χ0n) is 17.1. The van der Waals surface area contributed by atoms with E-state index >= 15 is 0 Å². The first-order valence-electron chi connectivity index (χ1n) is 9.52. The molecule has 0 radical (unpaired) electrons. The number of halogens is 1. The van der Waals surface area contributed by atoms with Gasteiger partial charge in [0.05, 0.1) is 5.75 Å². The van der Waals surface area contributed by atoms with Crippen molar-refractivity contribution in [1.82, 2.24) is 0 Å². The van der Waals surface area contributed by atoms with Crippen molar-refractivity contribution in [3.05, 3.63) is 110 Å². The molecule has 0 aromatic heterocycles. The number of carbonyl (C=O) groups is 1. The number of Topliss-reactive ketones (excluding diaryl/α,β-unsaturated/α-hetero) is 1. The molecule has 0 aliphatic rings. The summed E-state index contributed by atoms with van der Waals surface area (Å²) >= 11 is 5.93. The van der Waals surface area contributed by atoms with Gasteiger partial charge in [0.25, 0.3) is 0 Å². The van der Waals surface area contributed by atoms with Crippen molar-refractivity contribution < 1.29 is 13.2 Å². The molecule has 5 heteroatoms. The number of aryl methyl sites for hydroxylation is 3. The van der Waals surface area contributed by atoms with Crippen LogP contribution in [-0.4, -0.2) is 14.2 Å². The summed E-state index contributed by atoms with van der Waals surface area (Å²) in [7, 11) is -3.89. The number of ketones is 1. The Labute approximate surface area is 183 Å². The zero-order chi connectivity index (χ0) is 21.9. The summed E-state index contributed by atoms with van der Waals surface area (Å²) in [4.78, 5) is 13.0. The van der Waals surface area contributed by atoms with Crippen molar-refractivity contribution in [2.75, 3.05) is 0 Å². The molecule has 0 unspecified atom stereocenters. The average Bonchev–Trinajstić information content (AvgIpc) is 2.67. The molecule has 154 valence electrons. The van der Waals surface area contributed by atoms with Gasteiger partial charge in [-0.2, -0.15) is 0 Å². The lowest BCUT2D eigenvalue weighted by Gasteiger charge is -2.11. The van der Waals surface area contributed by atoms with Crippen molar-refractivity contribution in [3.63, 3.8) is 0 Å². The van der Waals surface area contributed by atoms with Crippen molar-refractivity contribution in [2.24, 2.45) is 0 Å². The molecule has 0 aliphatic heterocycles. The van der Waals surface area contributed by atoms with Crippen LogP contribution in [0.5, 0.6) is 0 Å². The minimum atomic E-state index is -3.89. The zero-order valence-corrected chi connectivity index (χ0v) is 18.7. The first-order chi connectivity index (χ1) is 14.1. The molecule has 0 amide bonds. The van der Waals surface area contributed by atoms with Crippen molar-refractivity contribution in [2.45, 2.75) is 26.5 Å². The Morgan fingerprint density at radius 2 is 1.40 bits per heavy atom. The summed E-state index contributed by atoms with van der Waals surface area (Å²) in [6.45, 7) is 5.81. The highest BCUT2D eigenvalue weighted by atomic mass is 35.5. The van der Waals surface area contributed by atoms with Gasteiger partial charge >= 0.3 is 0 Å². The topological polar surface area (TPSA) is 51.2 Å². The number of hydrogen-bond donors (Lipinski definition) is 0. The highest BCUT2D eigenvalue weighted by molar-refractivity contribution is 7.95. The van der Waals surface area contributed by atoms with E-state index in [0.717, 1.165) is 16.7 Å². The minimum Gasteiger partial charge on any atom is -0.288 e. The van der Waals surface area contributed by atoms with E-state index in [9.17, 15) is 13.2 Å². The fourth-order valence-electron chi connectivity index (χ4n) is 3.27. The molecule has 0 atom stereocenters. The fourth-order valence-corrected chi connectivity index (χ4v) is 4.89. The number of rotatable bonds is 6. The second-order valence-electron chi connectivity index (χ2n) is 7.51. The van der Waals surface area contributed by atoms with Gasteiger partial charge in [-0.3, -0.25) is 4.79 Å². The Balaban J connectivity index is 2.10. The van der Waals surface area contributed by atoms with E-state index in [0.29, 0.717) is 16.1 Å². The molecule has 0 saturated carbocycles. The maximum absolute atomic E-state index is 13.3. The summed E-state index contributed by atoms with van der Waals surface area (Å²) in [6.07, 6.45) is 1.47. The van der Waals surface area contributed by atoms with Crippen LogP contribution < -0.4 is 0 Å². The maximum atomic E-state index is 13.3. The lowest BCUT2D eigenvalue weighted by molar-refractivity contribution is 0.104. The number of allylic oxidation sites excluding steroid dienone is 1. The first kappa shape index (κ1) is 22.0. The smallest absolute Gasteiger partial charge is 0.204 e. The Hall–Kier alpha value is -2.69. The highest BCUT2D eigenvalue weighted by Crippen LogP contribution is 2.24. The number of carbonyl (C=O) groups excluding carboxylic acids is 1. The lowest BCUT2D eigenvalue weighted by atomic mass is 10.1. The van der Waals surface area contributed by atoms with Crippen LogP contribution in [0.3, 0.4) is 0 Å². The van der Waals surface area contributed by atoms with E-state index in [1.54, 1.807) is 36.4 Å². The lowest BCUT2D eigenvalue weighted by Crippen LogP contribution is -2.16. The van der Waals surface area contributed by atoms with Gasteiger partial charge < -0.3 is 0 Å². The van der Waals surface area contributed by atoms with Crippen LogP contribution in [0.4, 0.5) is 0 Å².